The van der Waals surface area contributed by atoms with Crippen LogP contribution in [0.3, 0.4) is 0 Å². The van der Waals surface area contributed by atoms with Crippen LogP contribution in [0.2, 0.25) is 10.0 Å². The van der Waals surface area contributed by atoms with Gasteiger partial charge >= 0.3 is 0 Å². The minimum absolute atomic E-state index is 0.0339. The molecule has 0 saturated carbocycles. The molecular weight excluding hydrogens is 381 g/mol. The van der Waals surface area contributed by atoms with Crippen molar-refractivity contribution in [3.63, 3.8) is 0 Å². The van der Waals surface area contributed by atoms with Crippen LogP contribution in [0.25, 0.3) is 0 Å². The van der Waals surface area contributed by atoms with Crippen LogP contribution in [0.15, 0.2) is 29.5 Å². The molecule has 0 aliphatic carbocycles. The molecule has 2 rings (SSSR count). The van der Waals surface area contributed by atoms with Crippen molar-refractivity contribution in [1.29, 1.82) is 0 Å². The molecule has 1 aliphatic heterocycles. The normalized spacial score (nSPS) is 14.0. The molecular formula is C17H19Cl2N3O4. The summed E-state index contributed by atoms with van der Waals surface area (Å²) in [6.45, 7) is 0.0453. The number of nitrogens with one attached hydrogen (secondary N) is 2. The minimum atomic E-state index is -0.727. The Morgan fingerprint density at radius 3 is 2.65 bits per heavy atom. The number of benzene rings is 1. The van der Waals surface area contributed by atoms with Gasteiger partial charge in [0.1, 0.15) is 6.54 Å². The quantitative estimate of drug-likeness (QED) is 0.604. The van der Waals surface area contributed by atoms with E-state index in [1.807, 2.05) is 6.07 Å². The Balaban J connectivity index is 1.83. The Labute approximate surface area is 160 Å². The van der Waals surface area contributed by atoms with Crippen molar-refractivity contribution in [3.8, 4) is 0 Å². The van der Waals surface area contributed by atoms with E-state index in [9.17, 15) is 19.5 Å². The highest BCUT2D eigenvalue weighted by atomic mass is 35.5. The van der Waals surface area contributed by atoms with Gasteiger partial charge in [0.2, 0.25) is 5.91 Å². The van der Waals surface area contributed by atoms with E-state index in [0.717, 1.165) is 10.5 Å². The number of aliphatic hydroxyl groups excluding tert-OH is 1. The lowest BCUT2D eigenvalue weighted by atomic mass is 10.1. The van der Waals surface area contributed by atoms with E-state index in [1.165, 1.54) is 7.05 Å². The summed E-state index contributed by atoms with van der Waals surface area (Å²) in [4.78, 5) is 36.5. The molecule has 0 bridgehead atoms. The fourth-order valence-corrected chi connectivity index (χ4v) is 2.79. The zero-order chi connectivity index (χ0) is 19.3. The summed E-state index contributed by atoms with van der Waals surface area (Å²) in [6.07, 6.45) is 1.33. The topological polar surface area (TPSA) is 98.7 Å². The number of aryl methyl sites for hydroxylation is 1. The SMILES string of the molecule is CNC(=O)CN1CC(C(=O)NCCCc2ccc(Cl)c(Cl)c2)=C(O)C1=O. The largest absolute Gasteiger partial charge is 0.503 e. The van der Waals surface area contributed by atoms with Gasteiger partial charge in [-0.15, -0.1) is 0 Å². The van der Waals surface area contributed by atoms with Gasteiger partial charge in [0, 0.05) is 13.6 Å². The van der Waals surface area contributed by atoms with Gasteiger partial charge in [-0.25, -0.2) is 0 Å². The summed E-state index contributed by atoms with van der Waals surface area (Å²) in [5, 5.41) is 15.9. The van der Waals surface area contributed by atoms with Gasteiger partial charge in [-0.3, -0.25) is 14.4 Å². The second kappa shape index (κ2) is 8.91. The van der Waals surface area contributed by atoms with Crippen LogP contribution in [-0.2, 0) is 20.8 Å². The highest BCUT2D eigenvalue weighted by Gasteiger charge is 2.34. The smallest absolute Gasteiger partial charge is 0.290 e. The van der Waals surface area contributed by atoms with Crippen molar-refractivity contribution in [2.75, 3.05) is 26.7 Å². The number of hydrogen-bond acceptors (Lipinski definition) is 4. The van der Waals surface area contributed by atoms with E-state index in [1.54, 1.807) is 12.1 Å². The van der Waals surface area contributed by atoms with E-state index in [-0.39, 0.29) is 24.6 Å². The highest BCUT2D eigenvalue weighted by molar-refractivity contribution is 6.42. The molecule has 0 fully saturated rings. The summed E-state index contributed by atoms with van der Waals surface area (Å²) >= 11 is 11.8. The first-order chi connectivity index (χ1) is 12.3. The van der Waals surface area contributed by atoms with Crippen LogP contribution in [0.4, 0.5) is 0 Å². The summed E-state index contributed by atoms with van der Waals surface area (Å²) < 4.78 is 0. The molecule has 3 N–H and O–H groups in total. The highest BCUT2D eigenvalue weighted by Crippen LogP contribution is 2.23. The average molecular weight is 400 g/mol. The summed E-state index contributed by atoms with van der Waals surface area (Å²) in [7, 11) is 1.44. The number of nitrogens with zero attached hydrogens (tertiary/aromatic N) is 1. The molecule has 1 aromatic carbocycles. The molecule has 7 nitrogen and oxygen atoms in total. The lowest BCUT2D eigenvalue weighted by molar-refractivity contribution is -0.133. The lowest BCUT2D eigenvalue weighted by Crippen LogP contribution is -2.38. The first kappa shape index (κ1) is 20.1. The lowest BCUT2D eigenvalue weighted by Gasteiger charge is -2.14. The molecule has 0 aromatic heterocycles. The Morgan fingerprint density at radius 2 is 2.00 bits per heavy atom. The molecule has 0 spiro atoms. The third kappa shape index (κ3) is 4.89. The molecule has 140 valence electrons. The zero-order valence-corrected chi connectivity index (χ0v) is 15.7. The Hall–Kier alpha value is -2.25. The first-order valence-corrected chi connectivity index (χ1v) is 8.73. The molecule has 1 aliphatic rings. The number of carbonyl (C=O) groups is 3. The fourth-order valence-electron chi connectivity index (χ4n) is 2.47. The molecule has 9 heteroatoms. The van der Waals surface area contributed by atoms with Crippen molar-refractivity contribution >= 4 is 40.9 Å². The van der Waals surface area contributed by atoms with Crippen molar-refractivity contribution in [1.82, 2.24) is 15.5 Å². The molecule has 0 unspecified atom stereocenters. The fraction of sp³-hybridized carbons (Fsp3) is 0.353. The Bertz CT molecular complexity index is 764. The summed E-state index contributed by atoms with van der Waals surface area (Å²) in [5.41, 5.74) is 0.956. The number of rotatable bonds is 7. The second-order valence-corrected chi connectivity index (χ2v) is 6.58. The third-order valence-corrected chi connectivity index (χ3v) is 4.66. The predicted molar refractivity (Wildman–Crippen MR) is 98.1 cm³/mol. The van der Waals surface area contributed by atoms with Gasteiger partial charge in [0.25, 0.3) is 11.8 Å². The van der Waals surface area contributed by atoms with Crippen LogP contribution in [-0.4, -0.2) is 54.4 Å². The molecule has 0 atom stereocenters. The monoisotopic (exact) mass is 399 g/mol. The Kier molecular flexibility index (Phi) is 6.88. The number of aliphatic hydroxyl groups is 1. The van der Waals surface area contributed by atoms with Crippen molar-refractivity contribution in [2.45, 2.75) is 12.8 Å². The van der Waals surface area contributed by atoms with Gasteiger partial charge in [-0.2, -0.15) is 0 Å². The molecule has 0 saturated heterocycles. The Morgan fingerprint density at radius 1 is 1.27 bits per heavy atom. The minimum Gasteiger partial charge on any atom is -0.503 e. The number of hydrogen-bond donors (Lipinski definition) is 3. The molecule has 0 radical (unpaired) electrons. The standard InChI is InChI=1S/C17H19Cl2N3O4/c1-20-14(23)9-22-8-11(15(24)17(22)26)16(25)21-6-2-3-10-4-5-12(18)13(19)7-10/h4-5,7,24H,2-3,6,8-9H2,1H3,(H,20,23)(H,21,25). The van der Waals surface area contributed by atoms with Crippen LogP contribution < -0.4 is 10.6 Å². The van der Waals surface area contributed by atoms with Crippen LogP contribution in [0.5, 0.6) is 0 Å². The zero-order valence-electron chi connectivity index (χ0n) is 14.1. The van der Waals surface area contributed by atoms with Gasteiger partial charge in [-0.1, -0.05) is 29.3 Å². The van der Waals surface area contributed by atoms with Crippen LogP contribution in [0, 0.1) is 0 Å². The maximum atomic E-state index is 12.2. The molecule has 26 heavy (non-hydrogen) atoms. The predicted octanol–water partition coefficient (Wildman–Crippen LogP) is 1.44. The number of amides is 3. The van der Waals surface area contributed by atoms with Crippen LogP contribution >= 0.6 is 23.2 Å². The molecule has 3 amide bonds. The van der Waals surface area contributed by atoms with Crippen molar-refractivity contribution in [3.05, 3.63) is 45.1 Å². The summed E-state index contributed by atoms with van der Waals surface area (Å²) in [6, 6.07) is 5.34. The van der Waals surface area contributed by atoms with E-state index in [4.69, 9.17) is 23.2 Å². The van der Waals surface area contributed by atoms with E-state index < -0.39 is 17.6 Å². The van der Waals surface area contributed by atoms with E-state index in [2.05, 4.69) is 10.6 Å². The second-order valence-electron chi connectivity index (χ2n) is 5.77. The van der Waals surface area contributed by atoms with Gasteiger partial charge in [0.15, 0.2) is 5.76 Å². The number of carbonyl (C=O) groups excluding carboxylic acids is 3. The van der Waals surface area contributed by atoms with Gasteiger partial charge < -0.3 is 20.6 Å². The number of halogens is 2. The van der Waals surface area contributed by atoms with Gasteiger partial charge in [-0.05, 0) is 30.5 Å². The summed E-state index contributed by atoms with van der Waals surface area (Å²) in [5.74, 6) is -2.25. The number of likely N-dealkylation sites (N-methyl/N-ethyl adjacent to an activating group) is 1. The van der Waals surface area contributed by atoms with E-state index >= 15 is 0 Å². The van der Waals surface area contributed by atoms with Crippen LogP contribution in [0.1, 0.15) is 12.0 Å². The van der Waals surface area contributed by atoms with Crippen molar-refractivity contribution < 1.29 is 19.5 Å². The molecule has 1 aromatic rings. The average Bonchev–Trinajstić information content (AvgIpc) is 2.89. The van der Waals surface area contributed by atoms with E-state index in [0.29, 0.717) is 29.4 Å². The maximum Gasteiger partial charge on any atom is 0.290 e. The molecule has 1 heterocycles. The van der Waals surface area contributed by atoms with Gasteiger partial charge in [0.05, 0.1) is 22.2 Å². The maximum absolute atomic E-state index is 12.2. The first-order valence-electron chi connectivity index (χ1n) is 7.97. The van der Waals surface area contributed by atoms with Crippen molar-refractivity contribution in [2.24, 2.45) is 0 Å². The third-order valence-electron chi connectivity index (χ3n) is 3.92.